The first-order valence-corrected chi connectivity index (χ1v) is 8.42. The van der Waals surface area contributed by atoms with Crippen LogP contribution in [0.3, 0.4) is 0 Å². The Labute approximate surface area is 125 Å². The number of hydrogen-bond donors (Lipinski definition) is 1. The summed E-state index contributed by atoms with van der Waals surface area (Å²) in [5.41, 5.74) is 2.58. The summed E-state index contributed by atoms with van der Waals surface area (Å²) in [6, 6.07) is 10.9. The predicted octanol–water partition coefficient (Wildman–Crippen LogP) is 3.71. The molecule has 1 heterocycles. The normalized spacial score (nSPS) is 12.6. The van der Waals surface area contributed by atoms with Crippen LogP contribution in [0.25, 0.3) is 0 Å². The highest BCUT2D eigenvalue weighted by atomic mass is 32.2. The van der Waals surface area contributed by atoms with Gasteiger partial charge in [-0.3, -0.25) is 4.68 Å². The molecular formula is C16H23N3S. The second-order valence-electron chi connectivity index (χ2n) is 4.71. The third-order valence-electron chi connectivity index (χ3n) is 3.34. The van der Waals surface area contributed by atoms with E-state index in [0.29, 0.717) is 0 Å². The molecular weight excluding hydrogens is 266 g/mol. The molecule has 0 spiro atoms. The second-order valence-corrected chi connectivity index (χ2v) is 5.56. The molecule has 0 saturated heterocycles. The van der Waals surface area contributed by atoms with Crippen LogP contribution in [0, 0.1) is 0 Å². The molecule has 0 bridgehead atoms. The molecule has 108 valence electrons. The van der Waals surface area contributed by atoms with Gasteiger partial charge >= 0.3 is 0 Å². The zero-order valence-electron chi connectivity index (χ0n) is 12.5. The van der Waals surface area contributed by atoms with Gasteiger partial charge in [-0.15, -0.1) is 11.8 Å². The van der Waals surface area contributed by atoms with E-state index in [4.69, 9.17) is 0 Å². The fourth-order valence-corrected chi connectivity index (χ4v) is 3.11. The largest absolute Gasteiger partial charge is 0.305 e. The zero-order valence-corrected chi connectivity index (χ0v) is 13.3. The molecule has 2 rings (SSSR count). The van der Waals surface area contributed by atoms with Crippen LogP contribution in [0.15, 0.2) is 41.4 Å². The number of hydrogen-bond acceptors (Lipinski definition) is 3. The summed E-state index contributed by atoms with van der Waals surface area (Å²) in [6.45, 7) is 6.23. The van der Waals surface area contributed by atoms with Gasteiger partial charge < -0.3 is 5.32 Å². The van der Waals surface area contributed by atoms with Gasteiger partial charge in [0.1, 0.15) is 0 Å². The van der Waals surface area contributed by atoms with E-state index in [1.165, 1.54) is 16.2 Å². The van der Waals surface area contributed by atoms with Crippen LogP contribution >= 0.6 is 11.8 Å². The maximum atomic E-state index is 4.46. The van der Waals surface area contributed by atoms with Gasteiger partial charge in [0.25, 0.3) is 0 Å². The van der Waals surface area contributed by atoms with Crippen molar-refractivity contribution in [1.29, 1.82) is 0 Å². The smallest absolute Gasteiger partial charge is 0.0759 e. The molecule has 0 aliphatic heterocycles. The Morgan fingerprint density at radius 1 is 1.25 bits per heavy atom. The van der Waals surface area contributed by atoms with Crippen molar-refractivity contribution < 1.29 is 0 Å². The van der Waals surface area contributed by atoms with Gasteiger partial charge in [0.15, 0.2) is 0 Å². The van der Waals surface area contributed by atoms with Gasteiger partial charge in [0, 0.05) is 17.6 Å². The van der Waals surface area contributed by atoms with E-state index in [9.17, 15) is 0 Å². The summed E-state index contributed by atoms with van der Waals surface area (Å²) in [6.07, 6.45) is 5.12. The minimum Gasteiger partial charge on any atom is -0.305 e. The lowest BCUT2D eigenvalue weighted by molar-refractivity contribution is 0.517. The molecule has 0 fully saturated rings. The van der Waals surface area contributed by atoms with Crippen molar-refractivity contribution in [2.75, 3.05) is 12.8 Å². The highest BCUT2D eigenvalue weighted by Gasteiger charge is 2.19. The van der Waals surface area contributed by atoms with Crippen molar-refractivity contribution in [3.05, 3.63) is 47.8 Å². The minimum atomic E-state index is 0.206. The van der Waals surface area contributed by atoms with Crippen molar-refractivity contribution >= 4 is 11.8 Å². The molecule has 3 nitrogen and oxygen atoms in total. The number of nitrogens with one attached hydrogen (secondary N) is 1. The molecule has 0 aliphatic carbocycles. The maximum Gasteiger partial charge on any atom is 0.0759 e. The highest BCUT2D eigenvalue weighted by molar-refractivity contribution is 7.98. The summed E-state index contributed by atoms with van der Waals surface area (Å²) >= 11 is 1.80. The van der Waals surface area contributed by atoms with Gasteiger partial charge in [-0.1, -0.05) is 32.0 Å². The number of thioether (sulfide) groups is 1. The monoisotopic (exact) mass is 289 g/mol. The summed E-state index contributed by atoms with van der Waals surface area (Å²) in [5.74, 6) is 0. The topological polar surface area (TPSA) is 29.9 Å². The van der Waals surface area contributed by atoms with E-state index in [2.05, 4.69) is 65.5 Å². The number of benzene rings is 1. The van der Waals surface area contributed by atoms with E-state index in [1.807, 2.05) is 6.20 Å². The van der Waals surface area contributed by atoms with Crippen molar-refractivity contribution in [3.63, 3.8) is 0 Å². The van der Waals surface area contributed by atoms with Crippen LogP contribution in [0.5, 0.6) is 0 Å². The third-order valence-corrected chi connectivity index (χ3v) is 4.15. The number of aryl methyl sites for hydroxylation is 1. The summed E-state index contributed by atoms with van der Waals surface area (Å²) in [7, 11) is 0. The second kappa shape index (κ2) is 7.50. The standard InChI is InChI=1S/C16H23N3S/c1-4-12-19-14(10-11-18-19)16(17-5-2)13-8-6-7-9-15(13)20-3/h6-11,16-17H,4-5,12H2,1-3H3. The maximum absolute atomic E-state index is 4.46. The average Bonchev–Trinajstić information content (AvgIpc) is 2.93. The van der Waals surface area contributed by atoms with Gasteiger partial charge in [-0.2, -0.15) is 5.10 Å². The van der Waals surface area contributed by atoms with Crippen LogP contribution < -0.4 is 5.32 Å². The van der Waals surface area contributed by atoms with Crippen LogP contribution in [-0.2, 0) is 6.54 Å². The summed E-state index contributed by atoms with van der Waals surface area (Å²) in [4.78, 5) is 1.32. The van der Waals surface area contributed by atoms with Crippen LogP contribution in [0.1, 0.15) is 37.6 Å². The Hall–Kier alpha value is -1.26. The van der Waals surface area contributed by atoms with E-state index in [1.54, 1.807) is 11.8 Å². The number of nitrogens with zero attached hydrogens (tertiary/aromatic N) is 2. The molecule has 0 saturated carbocycles. The van der Waals surface area contributed by atoms with Gasteiger partial charge in [0.05, 0.1) is 11.7 Å². The Morgan fingerprint density at radius 3 is 2.75 bits per heavy atom. The van der Waals surface area contributed by atoms with Crippen LogP contribution in [0.4, 0.5) is 0 Å². The quantitative estimate of drug-likeness (QED) is 0.788. The lowest BCUT2D eigenvalue weighted by Gasteiger charge is -2.22. The van der Waals surface area contributed by atoms with Crippen molar-refractivity contribution in [3.8, 4) is 0 Å². The molecule has 0 amide bonds. The van der Waals surface area contributed by atoms with E-state index in [0.717, 1.165) is 19.5 Å². The third kappa shape index (κ3) is 3.25. The summed E-state index contributed by atoms with van der Waals surface area (Å²) < 4.78 is 2.12. The van der Waals surface area contributed by atoms with Crippen LogP contribution in [0.2, 0.25) is 0 Å². The molecule has 1 N–H and O–H groups in total. The Morgan fingerprint density at radius 2 is 2.05 bits per heavy atom. The van der Waals surface area contributed by atoms with E-state index < -0.39 is 0 Å². The molecule has 1 aromatic carbocycles. The Balaban J connectivity index is 2.42. The fourth-order valence-electron chi connectivity index (χ4n) is 2.47. The number of aromatic nitrogens is 2. The Kier molecular flexibility index (Phi) is 5.68. The highest BCUT2D eigenvalue weighted by Crippen LogP contribution is 2.30. The first-order chi connectivity index (χ1) is 9.81. The molecule has 1 unspecified atom stereocenters. The van der Waals surface area contributed by atoms with Crippen molar-refractivity contribution in [1.82, 2.24) is 15.1 Å². The SMILES string of the molecule is CCCn1nccc1C(NCC)c1ccccc1SC. The van der Waals surface area contributed by atoms with Gasteiger partial charge in [-0.25, -0.2) is 0 Å². The van der Waals surface area contributed by atoms with E-state index >= 15 is 0 Å². The molecule has 2 aromatic rings. The summed E-state index contributed by atoms with van der Waals surface area (Å²) in [5, 5.41) is 8.06. The first kappa shape index (κ1) is 15.1. The van der Waals surface area contributed by atoms with E-state index in [-0.39, 0.29) is 6.04 Å². The van der Waals surface area contributed by atoms with Crippen molar-refractivity contribution in [2.45, 2.75) is 37.8 Å². The molecule has 20 heavy (non-hydrogen) atoms. The fraction of sp³-hybridized carbons (Fsp3) is 0.438. The molecule has 1 aromatic heterocycles. The van der Waals surface area contributed by atoms with Gasteiger partial charge in [0.2, 0.25) is 0 Å². The molecule has 4 heteroatoms. The first-order valence-electron chi connectivity index (χ1n) is 7.19. The number of rotatable bonds is 7. The average molecular weight is 289 g/mol. The lowest BCUT2D eigenvalue weighted by atomic mass is 10.0. The molecule has 0 aliphatic rings. The predicted molar refractivity (Wildman–Crippen MR) is 86.3 cm³/mol. The molecule has 0 radical (unpaired) electrons. The zero-order chi connectivity index (χ0) is 14.4. The van der Waals surface area contributed by atoms with Gasteiger partial charge in [-0.05, 0) is 36.9 Å². The van der Waals surface area contributed by atoms with Crippen LogP contribution in [-0.4, -0.2) is 22.6 Å². The Bertz CT molecular complexity index is 536. The van der Waals surface area contributed by atoms with Crippen molar-refractivity contribution in [2.24, 2.45) is 0 Å². The minimum absolute atomic E-state index is 0.206. The molecule has 1 atom stereocenters. The lowest BCUT2D eigenvalue weighted by Crippen LogP contribution is -2.25.